The Balaban J connectivity index is 1.68. The van der Waals surface area contributed by atoms with Crippen molar-refractivity contribution >= 4 is 5.91 Å². The lowest BCUT2D eigenvalue weighted by Crippen LogP contribution is -2.50. The number of amides is 1. The molecule has 3 fully saturated rings. The van der Waals surface area contributed by atoms with Crippen LogP contribution in [0.2, 0.25) is 0 Å². The first-order valence-corrected chi connectivity index (χ1v) is 7.85. The van der Waals surface area contributed by atoms with Crippen LogP contribution in [0.5, 0.6) is 0 Å². The predicted molar refractivity (Wildman–Crippen MR) is 72.3 cm³/mol. The van der Waals surface area contributed by atoms with E-state index in [4.69, 9.17) is 0 Å². The maximum Gasteiger partial charge on any atom is 0.225 e. The van der Waals surface area contributed by atoms with Crippen molar-refractivity contribution < 1.29 is 4.79 Å². The summed E-state index contributed by atoms with van der Waals surface area (Å²) in [6.45, 7) is 5.66. The SMILES string of the molecule is CCN1CCC[C@@H]1[C@@H]1CCCN1C(=O)C1CCC1. The third-order valence-electron chi connectivity index (χ3n) is 5.30. The summed E-state index contributed by atoms with van der Waals surface area (Å²) in [5.41, 5.74) is 0. The first kappa shape index (κ1) is 12.5. The topological polar surface area (TPSA) is 23.6 Å². The smallest absolute Gasteiger partial charge is 0.225 e. The van der Waals surface area contributed by atoms with Crippen LogP contribution in [-0.4, -0.2) is 47.4 Å². The molecular formula is C15H26N2O. The minimum Gasteiger partial charge on any atom is -0.338 e. The molecule has 1 saturated carbocycles. The Hall–Kier alpha value is -0.570. The van der Waals surface area contributed by atoms with Gasteiger partial charge in [0.15, 0.2) is 0 Å². The number of hydrogen-bond acceptors (Lipinski definition) is 2. The Morgan fingerprint density at radius 1 is 1.00 bits per heavy atom. The van der Waals surface area contributed by atoms with Crippen molar-refractivity contribution in [1.29, 1.82) is 0 Å². The van der Waals surface area contributed by atoms with Crippen molar-refractivity contribution in [3.63, 3.8) is 0 Å². The van der Waals surface area contributed by atoms with Crippen molar-refractivity contribution in [2.45, 2.75) is 64.0 Å². The van der Waals surface area contributed by atoms with Crippen LogP contribution in [0.4, 0.5) is 0 Å². The minimum absolute atomic E-state index is 0.377. The fourth-order valence-corrected chi connectivity index (χ4v) is 4.04. The Morgan fingerprint density at radius 3 is 2.39 bits per heavy atom. The van der Waals surface area contributed by atoms with Gasteiger partial charge in [0.05, 0.1) is 0 Å². The van der Waals surface area contributed by atoms with Gasteiger partial charge in [0.25, 0.3) is 0 Å². The molecule has 0 bridgehead atoms. The van der Waals surface area contributed by atoms with Gasteiger partial charge in [-0.05, 0) is 51.6 Å². The summed E-state index contributed by atoms with van der Waals surface area (Å²) >= 11 is 0. The maximum absolute atomic E-state index is 12.5. The largest absolute Gasteiger partial charge is 0.338 e. The lowest BCUT2D eigenvalue weighted by Gasteiger charge is -2.38. The van der Waals surface area contributed by atoms with Gasteiger partial charge >= 0.3 is 0 Å². The van der Waals surface area contributed by atoms with Crippen LogP contribution in [0, 0.1) is 5.92 Å². The number of likely N-dealkylation sites (N-methyl/N-ethyl adjacent to an activating group) is 1. The first-order valence-electron chi connectivity index (χ1n) is 7.85. The molecule has 1 amide bonds. The average Bonchev–Trinajstić information content (AvgIpc) is 2.94. The highest BCUT2D eigenvalue weighted by Crippen LogP contribution is 2.34. The molecule has 2 heterocycles. The van der Waals surface area contributed by atoms with Gasteiger partial charge in [-0.2, -0.15) is 0 Å². The number of nitrogens with zero attached hydrogens (tertiary/aromatic N) is 2. The third kappa shape index (κ3) is 2.07. The predicted octanol–water partition coefficient (Wildman–Crippen LogP) is 2.26. The molecule has 102 valence electrons. The highest BCUT2D eigenvalue weighted by Gasteiger charge is 2.41. The molecular weight excluding hydrogens is 224 g/mol. The minimum atomic E-state index is 0.377. The van der Waals surface area contributed by atoms with Crippen molar-refractivity contribution in [2.75, 3.05) is 19.6 Å². The molecule has 0 unspecified atom stereocenters. The van der Waals surface area contributed by atoms with E-state index in [9.17, 15) is 4.79 Å². The number of carbonyl (C=O) groups is 1. The zero-order valence-electron chi connectivity index (χ0n) is 11.6. The lowest BCUT2D eigenvalue weighted by atomic mass is 9.84. The third-order valence-corrected chi connectivity index (χ3v) is 5.30. The molecule has 18 heavy (non-hydrogen) atoms. The zero-order valence-corrected chi connectivity index (χ0v) is 11.6. The highest BCUT2D eigenvalue weighted by molar-refractivity contribution is 5.80. The second-order valence-corrected chi connectivity index (χ2v) is 6.21. The Bertz CT molecular complexity index is 314. The normalized spacial score (nSPS) is 33.9. The Labute approximate surface area is 111 Å². The van der Waals surface area contributed by atoms with Crippen LogP contribution in [-0.2, 0) is 4.79 Å². The summed E-state index contributed by atoms with van der Waals surface area (Å²) in [6.07, 6.45) is 8.62. The van der Waals surface area contributed by atoms with Crippen molar-refractivity contribution in [2.24, 2.45) is 5.92 Å². The summed E-state index contributed by atoms with van der Waals surface area (Å²) in [5.74, 6) is 0.855. The van der Waals surface area contributed by atoms with Gasteiger partial charge < -0.3 is 4.90 Å². The Kier molecular flexibility index (Phi) is 3.60. The van der Waals surface area contributed by atoms with Crippen LogP contribution >= 0.6 is 0 Å². The molecule has 2 atom stereocenters. The number of likely N-dealkylation sites (tertiary alicyclic amines) is 2. The molecule has 0 aromatic carbocycles. The molecule has 3 nitrogen and oxygen atoms in total. The zero-order chi connectivity index (χ0) is 12.5. The van der Waals surface area contributed by atoms with Crippen LogP contribution in [0.25, 0.3) is 0 Å². The fourth-order valence-electron chi connectivity index (χ4n) is 4.04. The van der Waals surface area contributed by atoms with Gasteiger partial charge in [0, 0.05) is 24.5 Å². The quantitative estimate of drug-likeness (QED) is 0.767. The van der Waals surface area contributed by atoms with Gasteiger partial charge in [0.1, 0.15) is 0 Å². The van der Waals surface area contributed by atoms with E-state index in [1.54, 1.807) is 0 Å². The van der Waals surface area contributed by atoms with E-state index in [0.29, 0.717) is 23.9 Å². The Morgan fingerprint density at radius 2 is 1.72 bits per heavy atom. The van der Waals surface area contributed by atoms with Crippen LogP contribution < -0.4 is 0 Å². The fraction of sp³-hybridized carbons (Fsp3) is 0.933. The summed E-state index contributed by atoms with van der Waals surface area (Å²) in [7, 11) is 0. The number of carbonyl (C=O) groups excluding carboxylic acids is 1. The van der Waals surface area contributed by atoms with Gasteiger partial charge in [-0.15, -0.1) is 0 Å². The van der Waals surface area contributed by atoms with Gasteiger partial charge in [-0.3, -0.25) is 9.69 Å². The van der Waals surface area contributed by atoms with E-state index in [1.807, 2.05) is 0 Å². The summed E-state index contributed by atoms with van der Waals surface area (Å²) in [6, 6.07) is 1.18. The molecule has 0 spiro atoms. The van der Waals surface area contributed by atoms with E-state index in [2.05, 4.69) is 16.7 Å². The molecule has 2 saturated heterocycles. The standard InChI is InChI=1S/C15H26N2O/c1-2-16-10-4-8-13(16)14-9-5-11-17(14)15(18)12-6-3-7-12/h12-14H,2-11H2,1H3/t13-,14+/m1/s1. The van der Waals surface area contributed by atoms with E-state index in [-0.39, 0.29) is 0 Å². The van der Waals surface area contributed by atoms with Gasteiger partial charge in [0.2, 0.25) is 5.91 Å². The molecule has 1 aliphatic carbocycles. The molecule has 3 heteroatoms. The average molecular weight is 250 g/mol. The van der Waals surface area contributed by atoms with Crippen LogP contribution in [0.1, 0.15) is 51.9 Å². The summed E-state index contributed by atoms with van der Waals surface area (Å²) in [5, 5.41) is 0. The van der Waals surface area contributed by atoms with Crippen molar-refractivity contribution in [3.05, 3.63) is 0 Å². The molecule has 3 rings (SSSR count). The van der Waals surface area contributed by atoms with E-state index < -0.39 is 0 Å². The molecule has 0 aromatic heterocycles. The first-order chi connectivity index (χ1) is 8.81. The lowest BCUT2D eigenvalue weighted by molar-refractivity contribution is -0.140. The van der Waals surface area contributed by atoms with Crippen LogP contribution in [0.3, 0.4) is 0 Å². The van der Waals surface area contributed by atoms with E-state index >= 15 is 0 Å². The molecule has 0 radical (unpaired) electrons. The van der Waals surface area contributed by atoms with Crippen molar-refractivity contribution in [1.82, 2.24) is 9.80 Å². The summed E-state index contributed by atoms with van der Waals surface area (Å²) in [4.78, 5) is 17.3. The number of rotatable bonds is 3. The second kappa shape index (κ2) is 5.20. The van der Waals surface area contributed by atoms with Gasteiger partial charge in [-0.1, -0.05) is 13.3 Å². The summed E-state index contributed by atoms with van der Waals surface area (Å²) < 4.78 is 0. The van der Waals surface area contributed by atoms with Crippen LogP contribution in [0.15, 0.2) is 0 Å². The second-order valence-electron chi connectivity index (χ2n) is 6.21. The molecule has 2 aliphatic heterocycles. The highest BCUT2D eigenvalue weighted by atomic mass is 16.2. The van der Waals surface area contributed by atoms with E-state index in [0.717, 1.165) is 25.9 Å². The monoisotopic (exact) mass is 250 g/mol. The van der Waals surface area contributed by atoms with Gasteiger partial charge in [-0.25, -0.2) is 0 Å². The number of hydrogen-bond donors (Lipinski definition) is 0. The molecule has 3 aliphatic rings. The molecule has 0 aromatic rings. The van der Waals surface area contributed by atoms with Crippen molar-refractivity contribution in [3.8, 4) is 0 Å². The molecule has 0 N–H and O–H groups in total. The van der Waals surface area contributed by atoms with E-state index in [1.165, 1.54) is 38.6 Å². The maximum atomic E-state index is 12.5.